The molecule has 4 rings (SSSR count). The number of hydrogen-bond donors (Lipinski definition) is 1. The van der Waals surface area contributed by atoms with Crippen LogP contribution in [0.15, 0.2) is 42.5 Å². The fraction of sp³-hybridized carbons (Fsp3) is 0.393. The summed E-state index contributed by atoms with van der Waals surface area (Å²) >= 11 is 6.16. The molecule has 34 heavy (non-hydrogen) atoms. The highest BCUT2D eigenvalue weighted by molar-refractivity contribution is 6.32. The summed E-state index contributed by atoms with van der Waals surface area (Å²) in [6.07, 6.45) is 8.86. The number of hydrogen-bond acceptors (Lipinski definition) is 3. The van der Waals surface area contributed by atoms with Crippen molar-refractivity contribution in [3.05, 3.63) is 75.8 Å². The molecule has 1 aromatic heterocycles. The molecule has 5 nitrogen and oxygen atoms in total. The van der Waals surface area contributed by atoms with Crippen LogP contribution in [0.2, 0.25) is 5.15 Å². The normalized spacial score (nSPS) is 14.1. The van der Waals surface area contributed by atoms with Gasteiger partial charge in [0.1, 0.15) is 5.82 Å². The summed E-state index contributed by atoms with van der Waals surface area (Å²) in [5.41, 5.74) is 4.92. The van der Waals surface area contributed by atoms with Gasteiger partial charge in [0.2, 0.25) is 0 Å². The second-order valence-electron chi connectivity index (χ2n) is 9.11. The van der Waals surface area contributed by atoms with Crippen LogP contribution in [-0.2, 0) is 13.0 Å². The van der Waals surface area contributed by atoms with E-state index in [9.17, 15) is 15.2 Å². The molecule has 1 aliphatic rings. The van der Waals surface area contributed by atoms with Crippen molar-refractivity contribution in [2.24, 2.45) is 0 Å². The number of imidazole rings is 1. The molecule has 1 saturated carbocycles. The van der Waals surface area contributed by atoms with E-state index in [1.54, 1.807) is 4.57 Å². The van der Waals surface area contributed by atoms with Gasteiger partial charge in [0.05, 0.1) is 11.6 Å². The number of nitriles is 1. The smallest absolute Gasteiger partial charge is 0.355 e. The van der Waals surface area contributed by atoms with Gasteiger partial charge in [-0.2, -0.15) is 5.26 Å². The molecule has 3 aromatic rings. The monoisotopic (exact) mass is 475 g/mol. The van der Waals surface area contributed by atoms with E-state index in [2.05, 4.69) is 30.1 Å². The van der Waals surface area contributed by atoms with Crippen LogP contribution in [0, 0.1) is 11.3 Å². The minimum atomic E-state index is -1.07. The summed E-state index contributed by atoms with van der Waals surface area (Å²) in [6, 6.07) is 16.6. The average molecular weight is 476 g/mol. The maximum Gasteiger partial charge on any atom is 0.355 e. The first-order valence-electron chi connectivity index (χ1n) is 12.1. The van der Waals surface area contributed by atoms with Gasteiger partial charge in [0.15, 0.2) is 10.8 Å². The summed E-state index contributed by atoms with van der Waals surface area (Å²) in [5.74, 6) is 0.192. The first-order chi connectivity index (χ1) is 16.5. The van der Waals surface area contributed by atoms with Crippen molar-refractivity contribution in [2.75, 3.05) is 0 Å². The number of aromatic carboxylic acids is 1. The number of aromatic nitrogens is 2. The third-order valence-corrected chi connectivity index (χ3v) is 7.07. The van der Waals surface area contributed by atoms with Crippen LogP contribution in [0.4, 0.5) is 0 Å². The molecule has 1 fully saturated rings. The van der Waals surface area contributed by atoms with Gasteiger partial charge in [-0.15, -0.1) is 0 Å². The van der Waals surface area contributed by atoms with Crippen molar-refractivity contribution in [3.63, 3.8) is 0 Å². The van der Waals surface area contributed by atoms with Gasteiger partial charge in [-0.3, -0.25) is 0 Å². The Morgan fingerprint density at radius 1 is 1.18 bits per heavy atom. The lowest BCUT2D eigenvalue weighted by molar-refractivity contribution is 0.0685. The summed E-state index contributed by atoms with van der Waals surface area (Å²) in [5, 5.41) is 19.4. The van der Waals surface area contributed by atoms with Gasteiger partial charge in [0, 0.05) is 13.0 Å². The highest BCUT2D eigenvalue weighted by atomic mass is 35.5. The third-order valence-electron chi connectivity index (χ3n) is 6.81. The lowest BCUT2D eigenvalue weighted by atomic mass is 9.82. The molecule has 0 atom stereocenters. The van der Waals surface area contributed by atoms with Crippen LogP contribution in [0.5, 0.6) is 0 Å². The number of carbonyl (C=O) groups is 1. The third kappa shape index (κ3) is 5.18. The Morgan fingerprint density at radius 2 is 1.91 bits per heavy atom. The number of benzene rings is 2. The molecule has 1 heterocycles. The van der Waals surface area contributed by atoms with Crippen molar-refractivity contribution in [1.82, 2.24) is 9.55 Å². The Kier molecular flexibility index (Phi) is 7.70. The van der Waals surface area contributed by atoms with Gasteiger partial charge < -0.3 is 9.67 Å². The van der Waals surface area contributed by atoms with Gasteiger partial charge in [-0.25, -0.2) is 9.78 Å². The summed E-state index contributed by atoms with van der Waals surface area (Å²) in [6.45, 7) is 2.47. The van der Waals surface area contributed by atoms with E-state index in [1.807, 2.05) is 30.3 Å². The Balaban J connectivity index is 1.62. The maximum absolute atomic E-state index is 11.8. The number of unbranched alkanes of at least 4 members (excludes halogenated alkanes) is 1. The van der Waals surface area contributed by atoms with Crippen molar-refractivity contribution in [1.29, 1.82) is 5.26 Å². The van der Waals surface area contributed by atoms with E-state index in [4.69, 9.17) is 11.6 Å². The van der Waals surface area contributed by atoms with E-state index < -0.39 is 5.97 Å². The zero-order valence-corrected chi connectivity index (χ0v) is 20.3. The van der Waals surface area contributed by atoms with Gasteiger partial charge in [-0.05, 0) is 59.6 Å². The molecule has 0 aliphatic heterocycles. The molecule has 1 aliphatic carbocycles. The van der Waals surface area contributed by atoms with Crippen LogP contribution < -0.4 is 0 Å². The van der Waals surface area contributed by atoms with Gasteiger partial charge >= 0.3 is 5.97 Å². The minimum absolute atomic E-state index is 0.0313. The van der Waals surface area contributed by atoms with Crippen molar-refractivity contribution in [3.8, 4) is 17.2 Å². The summed E-state index contributed by atoms with van der Waals surface area (Å²) in [4.78, 5) is 16.1. The molecule has 2 aromatic carbocycles. The zero-order chi connectivity index (χ0) is 24.1. The molecule has 0 amide bonds. The van der Waals surface area contributed by atoms with E-state index in [1.165, 1.54) is 37.7 Å². The second-order valence-corrected chi connectivity index (χ2v) is 9.47. The predicted molar refractivity (Wildman–Crippen MR) is 134 cm³/mol. The zero-order valence-electron chi connectivity index (χ0n) is 19.6. The molecule has 0 radical (unpaired) electrons. The Labute approximate surface area is 206 Å². The molecule has 0 bridgehead atoms. The van der Waals surface area contributed by atoms with E-state index in [-0.39, 0.29) is 10.8 Å². The number of rotatable bonds is 8. The highest BCUT2D eigenvalue weighted by Crippen LogP contribution is 2.35. The molecule has 176 valence electrons. The number of halogens is 1. The Bertz CT molecular complexity index is 1200. The molecule has 0 saturated heterocycles. The number of nitrogens with zero attached hydrogens (tertiary/aromatic N) is 3. The molecular formula is C28H30ClN3O2. The average Bonchev–Trinajstić information content (AvgIpc) is 3.18. The number of aryl methyl sites for hydroxylation is 1. The largest absolute Gasteiger partial charge is 0.476 e. The molecular weight excluding hydrogens is 446 g/mol. The predicted octanol–water partition coefficient (Wildman–Crippen LogP) is 7.21. The Hall–Kier alpha value is -3.10. The van der Waals surface area contributed by atoms with E-state index in [0.717, 1.165) is 29.5 Å². The quantitative estimate of drug-likeness (QED) is 0.373. The lowest BCUT2D eigenvalue weighted by Crippen LogP contribution is -2.13. The molecule has 1 N–H and O–H groups in total. The van der Waals surface area contributed by atoms with Crippen LogP contribution in [0.25, 0.3) is 11.1 Å². The van der Waals surface area contributed by atoms with Crippen LogP contribution in [-0.4, -0.2) is 20.6 Å². The van der Waals surface area contributed by atoms with Crippen LogP contribution >= 0.6 is 11.6 Å². The first-order valence-corrected chi connectivity index (χ1v) is 12.5. The van der Waals surface area contributed by atoms with E-state index >= 15 is 0 Å². The first kappa shape index (κ1) is 24.0. The van der Waals surface area contributed by atoms with Gasteiger partial charge in [0.25, 0.3) is 0 Å². The standard InChI is InChI=1S/C28H30ClN3O2/c1-2-3-9-25-31-27(29)26(28(33)34)32(25)18-19-10-12-21(13-11-19)24-16-22(14-15-23(24)17-30)20-7-5-4-6-8-20/h10-16,20H,2-9,18H2,1H3,(H,33,34). The number of carboxylic acids is 1. The molecule has 0 unspecified atom stereocenters. The lowest BCUT2D eigenvalue weighted by Gasteiger charge is -2.22. The summed E-state index contributed by atoms with van der Waals surface area (Å²) < 4.78 is 1.71. The molecule has 0 spiro atoms. The van der Waals surface area contributed by atoms with Gasteiger partial charge in [-0.1, -0.05) is 74.5 Å². The van der Waals surface area contributed by atoms with E-state index in [0.29, 0.717) is 30.3 Å². The SMILES string of the molecule is CCCCc1nc(Cl)c(C(=O)O)n1Cc1ccc(-c2cc(C3CCCCC3)ccc2C#N)cc1. The van der Waals surface area contributed by atoms with Crippen molar-refractivity contribution in [2.45, 2.75) is 70.8 Å². The highest BCUT2D eigenvalue weighted by Gasteiger charge is 2.22. The topological polar surface area (TPSA) is 78.9 Å². The van der Waals surface area contributed by atoms with Crippen molar-refractivity contribution < 1.29 is 9.90 Å². The fourth-order valence-corrected chi connectivity index (χ4v) is 5.21. The number of carboxylic acid groups (broad SMARTS) is 1. The van der Waals surface area contributed by atoms with Crippen molar-refractivity contribution >= 4 is 17.6 Å². The molecule has 6 heteroatoms. The van der Waals surface area contributed by atoms with Crippen LogP contribution in [0.3, 0.4) is 0 Å². The minimum Gasteiger partial charge on any atom is -0.476 e. The summed E-state index contributed by atoms with van der Waals surface area (Å²) in [7, 11) is 0. The van der Waals surface area contributed by atoms with Crippen LogP contribution in [0.1, 0.15) is 90.8 Å². The second kappa shape index (κ2) is 10.9. The fourth-order valence-electron chi connectivity index (χ4n) is 4.93. The Morgan fingerprint density at radius 3 is 2.56 bits per heavy atom. The maximum atomic E-state index is 11.8.